The van der Waals surface area contributed by atoms with Gasteiger partial charge in [0, 0.05) is 22.7 Å². The average molecular weight is 510 g/mol. The van der Waals surface area contributed by atoms with Gasteiger partial charge in [-0.05, 0) is 37.3 Å². The van der Waals surface area contributed by atoms with Crippen molar-refractivity contribution in [3.05, 3.63) is 64.0 Å². The predicted molar refractivity (Wildman–Crippen MR) is 116 cm³/mol. The van der Waals surface area contributed by atoms with Crippen LogP contribution in [0.25, 0.3) is 11.3 Å². The first-order chi connectivity index (χ1) is 16.4. The van der Waals surface area contributed by atoms with Crippen LogP contribution < -0.4 is 15.8 Å². The third-order valence-electron chi connectivity index (χ3n) is 5.76. The first-order valence-corrected chi connectivity index (χ1v) is 11.0. The second-order valence-electron chi connectivity index (χ2n) is 8.10. The minimum absolute atomic E-state index is 0.0157. The van der Waals surface area contributed by atoms with E-state index in [4.69, 9.17) is 10.5 Å². The molecule has 3 aromatic rings. The molecule has 1 aromatic carbocycles. The van der Waals surface area contributed by atoms with E-state index in [2.05, 4.69) is 9.97 Å². The Labute approximate surface area is 199 Å². The highest BCUT2D eigenvalue weighted by Gasteiger charge is 2.57. The Morgan fingerprint density at radius 3 is 2.54 bits per heavy atom. The number of alkyl halides is 3. The van der Waals surface area contributed by atoms with Gasteiger partial charge in [0.2, 0.25) is 11.5 Å². The van der Waals surface area contributed by atoms with E-state index in [1.807, 2.05) is 5.32 Å². The zero-order valence-corrected chi connectivity index (χ0v) is 18.8. The molecule has 13 heteroatoms. The van der Waals surface area contributed by atoms with Crippen molar-refractivity contribution in [1.82, 2.24) is 15.3 Å². The molecule has 2 amide bonds. The molecule has 0 saturated carbocycles. The Morgan fingerprint density at radius 2 is 1.97 bits per heavy atom. The average Bonchev–Trinajstić information content (AvgIpc) is 3.46. The van der Waals surface area contributed by atoms with Gasteiger partial charge in [0.05, 0.1) is 12.2 Å². The van der Waals surface area contributed by atoms with E-state index in [9.17, 15) is 32.3 Å². The van der Waals surface area contributed by atoms with Gasteiger partial charge in [-0.1, -0.05) is 0 Å². The minimum atomic E-state index is -5.30. The maximum absolute atomic E-state index is 14.2. The molecule has 8 nitrogen and oxygen atoms in total. The van der Waals surface area contributed by atoms with E-state index in [0.29, 0.717) is 0 Å². The number of rotatable bonds is 6. The Hall–Kier alpha value is -3.58. The number of nitrogens with two attached hydrogens (primary N) is 1. The van der Waals surface area contributed by atoms with Crippen LogP contribution in [0.1, 0.15) is 28.0 Å². The lowest BCUT2D eigenvalue weighted by molar-refractivity contribution is -0.265. The molecule has 184 valence electrons. The molecular formula is C22H18F4N4O4S. The molecule has 0 saturated heterocycles. The Bertz CT molecular complexity index is 1280. The van der Waals surface area contributed by atoms with Crippen molar-refractivity contribution in [2.45, 2.75) is 24.1 Å². The SMILES string of the molecule is C[C@]1(C(N)=O)COc2c1cc([C@@](O)(CNC(=O)c1nccs1)C(F)(F)F)nc2-c1ccc(F)cc1. The number of halogens is 4. The first kappa shape index (κ1) is 24.5. The van der Waals surface area contributed by atoms with Crippen molar-refractivity contribution in [3.8, 4) is 17.0 Å². The van der Waals surface area contributed by atoms with Crippen molar-refractivity contribution >= 4 is 23.2 Å². The molecule has 0 unspecified atom stereocenters. The van der Waals surface area contributed by atoms with E-state index in [0.717, 1.165) is 29.5 Å². The summed E-state index contributed by atoms with van der Waals surface area (Å²) in [5.41, 5.74) is -0.582. The van der Waals surface area contributed by atoms with Crippen LogP contribution in [0.4, 0.5) is 17.6 Å². The number of pyridine rings is 1. The highest BCUT2D eigenvalue weighted by atomic mass is 32.1. The zero-order chi connectivity index (χ0) is 25.6. The van der Waals surface area contributed by atoms with Crippen molar-refractivity contribution in [3.63, 3.8) is 0 Å². The molecule has 0 radical (unpaired) electrons. The summed E-state index contributed by atoms with van der Waals surface area (Å²) in [7, 11) is 0. The fourth-order valence-electron chi connectivity index (χ4n) is 3.56. The lowest BCUT2D eigenvalue weighted by Crippen LogP contribution is -2.51. The van der Waals surface area contributed by atoms with Crippen LogP contribution in [0.3, 0.4) is 0 Å². The lowest BCUT2D eigenvalue weighted by Gasteiger charge is -2.31. The molecule has 0 fully saturated rings. The van der Waals surface area contributed by atoms with Crippen LogP contribution in [0.5, 0.6) is 5.75 Å². The molecule has 0 spiro atoms. The number of nitrogens with zero attached hydrogens (tertiary/aromatic N) is 2. The standard InChI is InChI=1S/C22H18F4N4O4S/c1-20(19(27)32)10-34-16-13(20)8-14(30-15(16)11-2-4-12(23)5-3-11)21(33,22(24,25)26)9-29-17(31)18-28-6-7-35-18/h2-8,33H,9-10H2,1H3,(H2,27,32)(H,29,31)/t20-,21-/m0/s1. The number of aliphatic hydroxyl groups is 1. The van der Waals surface area contributed by atoms with Gasteiger partial charge in [0.25, 0.3) is 5.91 Å². The van der Waals surface area contributed by atoms with Crippen molar-refractivity contribution in [2.24, 2.45) is 5.73 Å². The molecular weight excluding hydrogens is 492 g/mol. The number of aromatic nitrogens is 2. The van der Waals surface area contributed by atoms with E-state index in [-0.39, 0.29) is 34.2 Å². The molecule has 4 rings (SSSR count). The van der Waals surface area contributed by atoms with Gasteiger partial charge in [0.15, 0.2) is 5.01 Å². The fraction of sp³-hybridized carbons (Fsp3) is 0.273. The predicted octanol–water partition coefficient (Wildman–Crippen LogP) is 2.66. The van der Waals surface area contributed by atoms with Gasteiger partial charge in [-0.25, -0.2) is 14.4 Å². The van der Waals surface area contributed by atoms with Crippen LogP contribution in [0, 0.1) is 5.82 Å². The van der Waals surface area contributed by atoms with Crippen molar-refractivity contribution < 1.29 is 37.0 Å². The number of carbonyl (C=O) groups excluding carboxylic acids is 2. The zero-order valence-electron chi connectivity index (χ0n) is 18.0. The number of hydrogen-bond acceptors (Lipinski definition) is 7. The summed E-state index contributed by atoms with van der Waals surface area (Å²) < 4.78 is 61.8. The number of hydrogen-bond donors (Lipinski definition) is 3. The van der Waals surface area contributed by atoms with E-state index >= 15 is 0 Å². The van der Waals surface area contributed by atoms with Crippen molar-refractivity contribution in [2.75, 3.05) is 13.2 Å². The van der Waals surface area contributed by atoms with Crippen LogP contribution >= 0.6 is 11.3 Å². The number of primary amides is 1. The van der Waals surface area contributed by atoms with Crippen LogP contribution in [0.2, 0.25) is 0 Å². The van der Waals surface area contributed by atoms with E-state index in [1.54, 1.807) is 0 Å². The Balaban J connectivity index is 1.87. The highest BCUT2D eigenvalue weighted by molar-refractivity contribution is 7.11. The monoisotopic (exact) mass is 510 g/mol. The quantitative estimate of drug-likeness (QED) is 0.438. The molecule has 1 aliphatic heterocycles. The summed E-state index contributed by atoms with van der Waals surface area (Å²) in [4.78, 5) is 32.2. The summed E-state index contributed by atoms with van der Waals surface area (Å²) >= 11 is 0.905. The second kappa shape index (κ2) is 8.57. The van der Waals surface area contributed by atoms with Crippen LogP contribution in [-0.4, -0.2) is 46.2 Å². The summed E-state index contributed by atoms with van der Waals surface area (Å²) in [6.45, 7) is -0.184. The number of nitrogens with one attached hydrogen (secondary N) is 1. The van der Waals surface area contributed by atoms with Gasteiger partial charge in [-0.3, -0.25) is 9.59 Å². The number of ether oxygens (including phenoxy) is 1. The normalized spacial score (nSPS) is 18.9. The third kappa shape index (κ3) is 4.21. The maximum Gasteiger partial charge on any atom is 0.424 e. The Kier molecular flexibility index (Phi) is 6.01. The number of amides is 2. The number of carbonyl (C=O) groups is 2. The second-order valence-corrected chi connectivity index (χ2v) is 9.00. The summed E-state index contributed by atoms with van der Waals surface area (Å²) in [6.07, 6.45) is -4.00. The molecule has 2 atom stereocenters. The molecule has 4 N–H and O–H groups in total. The summed E-state index contributed by atoms with van der Waals surface area (Å²) in [6, 6.07) is 5.57. The van der Waals surface area contributed by atoms with Crippen molar-refractivity contribution in [1.29, 1.82) is 0 Å². The van der Waals surface area contributed by atoms with Gasteiger partial charge < -0.3 is 20.9 Å². The minimum Gasteiger partial charge on any atom is -0.489 e. The Morgan fingerprint density at radius 1 is 1.29 bits per heavy atom. The van der Waals surface area contributed by atoms with E-state index in [1.165, 1.54) is 30.6 Å². The number of fused-ring (bicyclic) bond motifs is 1. The molecule has 3 heterocycles. The largest absolute Gasteiger partial charge is 0.489 e. The summed E-state index contributed by atoms with van der Waals surface area (Å²) in [5, 5.41) is 14.3. The third-order valence-corrected chi connectivity index (χ3v) is 6.53. The topological polar surface area (TPSA) is 127 Å². The number of benzene rings is 1. The first-order valence-electron chi connectivity index (χ1n) is 10.1. The van der Waals surface area contributed by atoms with Gasteiger partial charge >= 0.3 is 6.18 Å². The molecule has 0 bridgehead atoms. The fourth-order valence-corrected chi connectivity index (χ4v) is 4.11. The molecule has 1 aliphatic rings. The van der Waals surface area contributed by atoms with Gasteiger partial charge in [-0.15, -0.1) is 11.3 Å². The van der Waals surface area contributed by atoms with Gasteiger partial charge in [-0.2, -0.15) is 13.2 Å². The van der Waals surface area contributed by atoms with Crippen LogP contribution in [0.15, 0.2) is 41.9 Å². The lowest BCUT2D eigenvalue weighted by atomic mass is 9.81. The molecule has 35 heavy (non-hydrogen) atoms. The van der Waals surface area contributed by atoms with Gasteiger partial charge in [0.1, 0.15) is 29.3 Å². The maximum atomic E-state index is 14.2. The smallest absolute Gasteiger partial charge is 0.424 e. The van der Waals surface area contributed by atoms with Crippen LogP contribution in [-0.2, 0) is 15.8 Å². The van der Waals surface area contributed by atoms with E-state index < -0.39 is 47.1 Å². The highest BCUT2D eigenvalue weighted by Crippen LogP contribution is 2.47. The summed E-state index contributed by atoms with van der Waals surface area (Å²) in [5.74, 6) is -2.40. The number of thiazole rings is 1. The molecule has 0 aliphatic carbocycles. The molecule has 2 aromatic heterocycles.